The maximum Gasteiger partial charge on any atom is 0.130 e. The lowest BCUT2D eigenvalue weighted by molar-refractivity contribution is 0.210. The fourth-order valence-corrected chi connectivity index (χ4v) is 3.28. The first-order valence-electron chi connectivity index (χ1n) is 6.99. The van der Waals surface area contributed by atoms with E-state index in [9.17, 15) is 4.39 Å². The predicted molar refractivity (Wildman–Crippen MR) is 74.4 cm³/mol. The molecule has 0 amide bonds. The van der Waals surface area contributed by atoms with Gasteiger partial charge in [0.15, 0.2) is 0 Å². The zero-order chi connectivity index (χ0) is 13.2. The van der Waals surface area contributed by atoms with Gasteiger partial charge in [0.1, 0.15) is 5.67 Å². The molecule has 1 aliphatic carbocycles. The van der Waals surface area contributed by atoms with Gasteiger partial charge < -0.3 is 5.73 Å². The molecule has 2 N–H and O–H groups in total. The molecule has 0 atom stereocenters. The van der Waals surface area contributed by atoms with Crippen molar-refractivity contribution in [3.05, 3.63) is 35.4 Å². The van der Waals surface area contributed by atoms with Gasteiger partial charge in [-0.15, -0.1) is 0 Å². The van der Waals surface area contributed by atoms with Gasteiger partial charge in [-0.1, -0.05) is 43.5 Å². The Labute approximate surface area is 110 Å². The number of alkyl halides is 1. The van der Waals surface area contributed by atoms with Crippen LogP contribution in [-0.4, -0.2) is 6.54 Å². The molecule has 1 nitrogen and oxygen atoms in total. The van der Waals surface area contributed by atoms with E-state index in [1.54, 1.807) is 13.8 Å². The van der Waals surface area contributed by atoms with Crippen molar-refractivity contribution >= 4 is 0 Å². The molecule has 18 heavy (non-hydrogen) atoms. The molecule has 0 unspecified atom stereocenters. The maximum absolute atomic E-state index is 14.4. The first-order chi connectivity index (χ1) is 8.49. The fraction of sp³-hybridized carbons (Fsp3) is 0.625. The Balaban J connectivity index is 2.48. The van der Waals surface area contributed by atoms with Crippen molar-refractivity contribution in [3.63, 3.8) is 0 Å². The molecular weight excluding hydrogens is 225 g/mol. The molecule has 0 aromatic heterocycles. The van der Waals surface area contributed by atoms with Gasteiger partial charge in [0, 0.05) is 12.0 Å². The molecule has 0 aliphatic heterocycles. The molecule has 1 aliphatic rings. The summed E-state index contributed by atoms with van der Waals surface area (Å²) in [6, 6.07) is 7.93. The van der Waals surface area contributed by atoms with Gasteiger partial charge in [0.05, 0.1) is 0 Å². The highest BCUT2D eigenvalue weighted by Gasteiger charge is 2.37. The van der Waals surface area contributed by atoms with E-state index in [0.717, 1.165) is 24.0 Å². The highest BCUT2D eigenvalue weighted by Crippen LogP contribution is 2.43. The second-order valence-corrected chi connectivity index (χ2v) is 6.06. The summed E-state index contributed by atoms with van der Waals surface area (Å²) in [6.45, 7) is 3.90. The van der Waals surface area contributed by atoms with Crippen LogP contribution in [0, 0.1) is 0 Å². The fourth-order valence-electron chi connectivity index (χ4n) is 3.28. The number of hydrogen-bond acceptors (Lipinski definition) is 1. The first kappa shape index (κ1) is 13.5. The third-order valence-electron chi connectivity index (χ3n) is 4.34. The van der Waals surface area contributed by atoms with E-state index in [1.165, 1.54) is 19.3 Å². The number of benzene rings is 1. The largest absolute Gasteiger partial charge is 0.330 e. The Morgan fingerprint density at radius 2 is 1.78 bits per heavy atom. The van der Waals surface area contributed by atoms with Crippen LogP contribution >= 0.6 is 0 Å². The standard InChI is InChI=1S/C16H24FN/c1-15(2,17)13-8-4-5-9-14(13)16(12-18)10-6-3-7-11-16/h4-5,8-9H,3,6-7,10-12,18H2,1-2H3. The summed E-state index contributed by atoms with van der Waals surface area (Å²) >= 11 is 0. The van der Waals surface area contributed by atoms with Gasteiger partial charge in [-0.25, -0.2) is 4.39 Å². The Hall–Kier alpha value is -0.890. The summed E-state index contributed by atoms with van der Waals surface area (Å²) in [7, 11) is 0. The summed E-state index contributed by atoms with van der Waals surface area (Å²) in [5, 5.41) is 0. The lowest BCUT2D eigenvalue weighted by Crippen LogP contribution is -2.39. The highest BCUT2D eigenvalue weighted by atomic mass is 19.1. The average Bonchev–Trinajstić information content (AvgIpc) is 2.38. The van der Waals surface area contributed by atoms with Gasteiger partial charge >= 0.3 is 0 Å². The minimum absolute atomic E-state index is 0.00178. The van der Waals surface area contributed by atoms with Crippen molar-refractivity contribution in [2.45, 2.75) is 57.0 Å². The first-order valence-corrected chi connectivity index (χ1v) is 6.99. The van der Waals surface area contributed by atoms with E-state index in [0.29, 0.717) is 6.54 Å². The van der Waals surface area contributed by atoms with Gasteiger partial charge in [-0.2, -0.15) is 0 Å². The smallest absolute Gasteiger partial charge is 0.130 e. The molecule has 0 spiro atoms. The van der Waals surface area contributed by atoms with Crippen LogP contribution in [0.5, 0.6) is 0 Å². The second-order valence-electron chi connectivity index (χ2n) is 6.06. The van der Waals surface area contributed by atoms with Crippen molar-refractivity contribution < 1.29 is 4.39 Å². The van der Waals surface area contributed by atoms with Gasteiger partial charge in [-0.05, 0) is 37.8 Å². The third-order valence-corrected chi connectivity index (χ3v) is 4.34. The molecule has 2 heteroatoms. The van der Waals surface area contributed by atoms with Crippen LogP contribution in [0.2, 0.25) is 0 Å². The molecule has 2 rings (SSSR count). The van der Waals surface area contributed by atoms with Crippen LogP contribution in [0.3, 0.4) is 0 Å². The van der Waals surface area contributed by atoms with E-state index >= 15 is 0 Å². The Morgan fingerprint density at radius 1 is 1.17 bits per heavy atom. The molecule has 0 radical (unpaired) electrons. The maximum atomic E-state index is 14.4. The monoisotopic (exact) mass is 249 g/mol. The number of rotatable bonds is 3. The van der Waals surface area contributed by atoms with E-state index in [2.05, 4.69) is 6.07 Å². The number of hydrogen-bond donors (Lipinski definition) is 1. The lowest BCUT2D eigenvalue weighted by Gasteiger charge is -2.39. The van der Waals surface area contributed by atoms with Crippen LogP contribution in [0.1, 0.15) is 57.1 Å². The highest BCUT2D eigenvalue weighted by molar-refractivity contribution is 5.38. The Kier molecular flexibility index (Phi) is 3.76. The van der Waals surface area contributed by atoms with E-state index in [-0.39, 0.29) is 5.41 Å². The van der Waals surface area contributed by atoms with Crippen molar-refractivity contribution in [3.8, 4) is 0 Å². The molecule has 0 saturated heterocycles. The van der Waals surface area contributed by atoms with Gasteiger partial charge in [0.2, 0.25) is 0 Å². The van der Waals surface area contributed by atoms with E-state index in [4.69, 9.17) is 5.73 Å². The SMILES string of the molecule is CC(C)(F)c1ccccc1C1(CN)CCCCC1. The normalized spacial score (nSPS) is 19.8. The summed E-state index contributed by atoms with van der Waals surface area (Å²) in [6.07, 6.45) is 5.88. The van der Waals surface area contributed by atoms with E-state index in [1.807, 2.05) is 18.2 Å². The molecule has 1 aromatic rings. The second kappa shape index (κ2) is 5.00. The van der Waals surface area contributed by atoms with Gasteiger partial charge in [-0.3, -0.25) is 0 Å². The van der Waals surface area contributed by atoms with Crippen LogP contribution in [-0.2, 0) is 11.1 Å². The third kappa shape index (κ3) is 2.44. The summed E-state index contributed by atoms with van der Waals surface area (Å²) in [5.74, 6) is 0. The predicted octanol–water partition coefficient (Wildman–Crippen LogP) is 4.05. The average molecular weight is 249 g/mol. The van der Waals surface area contributed by atoms with Crippen LogP contribution in [0.25, 0.3) is 0 Å². The summed E-state index contributed by atoms with van der Waals surface area (Å²) in [4.78, 5) is 0. The Morgan fingerprint density at radius 3 is 2.33 bits per heavy atom. The quantitative estimate of drug-likeness (QED) is 0.859. The zero-order valence-electron chi connectivity index (χ0n) is 11.5. The number of nitrogens with two attached hydrogens (primary N) is 1. The minimum Gasteiger partial charge on any atom is -0.330 e. The van der Waals surface area contributed by atoms with Crippen molar-refractivity contribution in [2.75, 3.05) is 6.54 Å². The van der Waals surface area contributed by atoms with Crippen LogP contribution < -0.4 is 5.73 Å². The van der Waals surface area contributed by atoms with Crippen molar-refractivity contribution in [2.24, 2.45) is 5.73 Å². The van der Waals surface area contributed by atoms with E-state index < -0.39 is 5.67 Å². The Bertz CT molecular complexity index is 400. The summed E-state index contributed by atoms with van der Waals surface area (Å²) in [5.41, 5.74) is 6.72. The van der Waals surface area contributed by atoms with Crippen LogP contribution in [0.4, 0.5) is 4.39 Å². The van der Waals surface area contributed by atoms with Gasteiger partial charge in [0.25, 0.3) is 0 Å². The molecule has 1 aromatic carbocycles. The molecular formula is C16H24FN. The van der Waals surface area contributed by atoms with Crippen LogP contribution in [0.15, 0.2) is 24.3 Å². The topological polar surface area (TPSA) is 26.0 Å². The number of halogens is 1. The summed E-state index contributed by atoms with van der Waals surface area (Å²) < 4.78 is 14.4. The van der Waals surface area contributed by atoms with Crippen molar-refractivity contribution in [1.29, 1.82) is 0 Å². The molecule has 1 saturated carbocycles. The van der Waals surface area contributed by atoms with Crippen molar-refractivity contribution in [1.82, 2.24) is 0 Å². The molecule has 1 fully saturated rings. The molecule has 0 heterocycles. The molecule has 0 bridgehead atoms. The lowest BCUT2D eigenvalue weighted by atomic mass is 9.67. The molecule has 100 valence electrons. The zero-order valence-corrected chi connectivity index (χ0v) is 11.5. The minimum atomic E-state index is -1.30.